The van der Waals surface area contributed by atoms with Crippen molar-refractivity contribution in [1.29, 1.82) is 0 Å². The lowest BCUT2D eigenvalue weighted by Crippen LogP contribution is -2.16. The Morgan fingerprint density at radius 2 is 1.46 bits per heavy atom. The van der Waals surface area contributed by atoms with E-state index < -0.39 is 33.0 Å². The normalized spacial score (nSPS) is 10.7. The van der Waals surface area contributed by atoms with Gasteiger partial charge >= 0.3 is 11.7 Å². The van der Waals surface area contributed by atoms with E-state index >= 15 is 0 Å². The average Bonchev–Trinajstić information content (AvgIpc) is 3.28. The summed E-state index contributed by atoms with van der Waals surface area (Å²) < 4.78 is 5.88. The molecule has 0 aliphatic carbocycles. The van der Waals surface area contributed by atoms with Gasteiger partial charge in [-0.1, -0.05) is 59.7 Å². The summed E-state index contributed by atoms with van der Waals surface area (Å²) in [6, 6.07) is 16.6. The molecule has 0 spiro atoms. The van der Waals surface area contributed by atoms with Crippen LogP contribution in [0.2, 0.25) is 0 Å². The molecule has 4 aromatic rings. The van der Waals surface area contributed by atoms with Crippen LogP contribution in [0.3, 0.4) is 0 Å². The Balaban J connectivity index is 2.09. The number of ether oxygens (including phenoxy) is 1. The minimum atomic E-state index is -0.964. The van der Waals surface area contributed by atoms with Gasteiger partial charge in [-0.25, -0.2) is 9.48 Å². The molecule has 0 atom stereocenters. The van der Waals surface area contributed by atoms with Gasteiger partial charge in [0.2, 0.25) is 0 Å². The van der Waals surface area contributed by atoms with Crippen molar-refractivity contribution in [2.75, 3.05) is 7.11 Å². The van der Waals surface area contributed by atoms with Gasteiger partial charge in [0, 0.05) is 17.2 Å². The molecule has 0 N–H and O–H groups in total. The second kappa shape index (κ2) is 9.82. The van der Waals surface area contributed by atoms with Crippen molar-refractivity contribution in [1.82, 2.24) is 9.78 Å². The van der Waals surface area contributed by atoms with Crippen LogP contribution >= 0.6 is 0 Å². The molecule has 0 unspecified atom stereocenters. The number of aryl methyl sites for hydroxylation is 2. The zero-order valence-corrected chi connectivity index (χ0v) is 20.0. The average molecular weight is 500 g/mol. The first-order chi connectivity index (χ1) is 17.6. The summed E-state index contributed by atoms with van der Waals surface area (Å²) in [4.78, 5) is 48.3. The zero-order chi connectivity index (χ0) is 26.9. The third kappa shape index (κ3) is 4.69. The highest BCUT2D eigenvalue weighted by atomic mass is 16.6. The summed E-state index contributed by atoms with van der Waals surface area (Å²) in [6.45, 7) is 3.73. The van der Waals surface area contributed by atoms with Crippen LogP contribution in [0.25, 0.3) is 16.9 Å². The van der Waals surface area contributed by atoms with Crippen LogP contribution in [-0.4, -0.2) is 38.5 Å². The lowest BCUT2D eigenvalue weighted by atomic mass is 9.96. The number of ketones is 1. The molecule has 186 valence electrons. The maximum atomic E-state index is 13.8. The van der Waals surface area contributed by atoms with Gasteiger partial charge in [0.15, 0.2) is 11.5 Å². The van der Waals surface area contributed by atoms with Crippen LogP contribution in [0.4, 0.5) is 11.4 Å². The van der Waals surface area contributed by atoms with Crippen LogP contribution in [0.1, 0.15) is 37.5 Å². The molecule has 0 fully saturated rings. The van der Waals surface area contributed by atoms with E-state index in [-0.39, 0.29) is 28.2 Å². The fourth-order valence-electron chi connectivity index (χ4n) is 3.81. The number of carbonyl (C=O) groups is 2. The van der Waals surface area contributed by atoms with Gasteiger partial charge in [0.25, 0.3) is 5.69 Å². The topological polar surface area (TPSA) is 147 Å². The quantitative estimate of drug-likeness (QED) is 0.149. The number of hydrogen-bond acceptors (Lipinski definition) is 8. The van der Waals surface area contributed by atoms with Gasteiger partial charge in [-0.3, -0.25) is 25.0 Å². The standard InChI is InChI=1S/C26H20N4O7/c1-15-4-8-17(9-5-15)23-22(25(31)18-10-6-16(2)7-11-18)24(26(32)37-3)28(27-23)20-13-12-19(29(33)34)14-21(20)30(35)36/h4-14H,1-3H3. The minimum Gasteiger partial charge on any atom is -0.464 e. The Morgan fingerprint density at radius 1 is 0.865 bits per heavy atom. The fraction of sp³-hybridized carbons (Fsp3) is 0.115. The Labute approximate surface area is 210 Å². The van der Waals surface area contributed by atoms with Gasteiger partial charge in [0.05, 0.1) is 28.6 Å². The van der Waals surface area contributed by atoms with Gasteiger partial charge in [-0.15, -0.1) is 0 Å². The van der Waals surface area contributed by atoms with Crippen molar-refractivity contribution in [2.45, 2.75) is 13.8 Å². The molecular weight excluding hydrogens is 480 g/mol. The molecule has 0 bridgehead atoms. The van der Waals surface area contributed by atoms with Gasteiger partial charge in [0.1, 0.15) is 11.4 Å². The number of rotatable bonds is 7. The number of non-ortho nitro benzene ring substituents is 1. The predicted molar refractivity (Wildman–Crippen MR) is 133 cm³/mol. The monoisotopic (exact) mass is 500 g/mol. The summed E-state index contributed by atoms with van der Waals surface area (Å²) in [5, 5.41) is 27.5. The number of nitro groups is 2. The number of aromatic nitrogens is 2. The van der Waals surface area contributed by atoms with E-state index in [1.54, 1.807) is 48.5 Å². The molecule has 11 heteroatoms. The van der Waals surface area contributed by atoms with E-state index in [0.717, 1.165) is 41.1 Å². The Kier molecular flexibility index (Phi) is 6.61. The lowest BCUT2D eigenvalue weighted by molar-refractivity contribution is -0.394. The van der Waals surface area contributed by atoms with E-state index in [0.29, 0.717) is 5.56 Å². The molecule has 1 heterocycles. The summed E-state index contributed by atoms with van der Waals surface area (Å²) in [6.07, 6.45) is 0. The second-order valence-corrected chi connectivity index (χ2v) is 8.22. The maximum absolute atomic E-state index is 13.8. The SMILES string of the molecule is COC(=O)c1c(C(=O)c2ccc(C)cc2)c(-c2ccc(C)cc2)nn1-c1ccc([N+](=O)[O-])cc1[N+](=O)[O-]. The first-order valence-electron chi connectivity index (χ1n) is 10.9. The Bertz CT molecular complexity index is 1560. The van der Waals surface area contributed by atoms with Crippen molar-refractivity contribution in [3.05, 3.63) is 115 Å². The molecule has 0 radical (unpaired) electrons. The summed E-state index contributed by atoms with van der Waals surface area (Å²) in [5.74, 6) is -1.51. The summed E-state index contributed by atoms with van der Waals surface area (Å²) >= 11 is 0. The van der Waals surface area contributed by atoms with Gasteiger partial charge in [-0.05, 0) is 19.9 Å². The number of hydrogen-bond donors (Lipinski definition) is 0. The molecular formula is C26H20N4O7. The largest absolute Gasteiger partial charge is 0.464 e. The zero-order valence-electron chi connectivity index (χ0n) is 20.0. The molecule has 3 aromatic carbocycles. The van der Waals surface area contributed by atoms with Gasteiger partial charge < -0.3 is 4.74 Å². The number of carbonyl (C=O) groups excluding carboxylic acids is 2. The van der Waals surface area contributed by atoms with Crippen LogP contribution in [0.15, 0.2) is 66.7 Å². The summed E-state index contributed by atoms with van der Waals surface area (Å²) in [5.41, 5.74) is 0.799. The highest BCUT2D eigenvalue weighted by Gasteiger charge is 2.34. The third-order valence-corrected chi connectivity index (χ3v) is 5.72. The molecule has 0 saturated heterocycles. The number of nitrogens with zero attached hydrogens (tertiary/aromatic N) is 4. The van der Waals surface area contributed by atoms with Crippen LogP contribution in [0, 0.1) is 34.1 Å². The van der Waals surface area contributed by atoms with Crippen LogP contribution in [0.5, 0.6) is 0 Å². The highest BCUT2D eigenvalue weighted by Crippen LogP contribution is 2.34. The summed E-state index contributed by atoms with van der Waals surface area (Å²) in [7, 11) is 1.11. The Morgan fingerprint density at radius 3 is 2.00 bits per heavy atom. The first-order valence-corrected chi connectivity index (χ1v) is 10.9. The third-order valence-electron chi connectivity index (χ3n) is 5.72. The van der Waals surface area contributed by atoms with E-state index in [1.807, 2.05) is 13.8 Å². The second-order valence-electron chi connectivity index (χ2n) is 8.22. The molecule has 4 rings (SSSR count). The minimum absolute atomic E-state index is 0.0959. The highest BCUT2D eigenvalue weighted by molar-refractivity contribution is 6.17. The molecule has 37 heavy (non-hydrogen) atoms. The first kappa shape index (κ1) is 24.9. The molecule has 0 amide bonds. The molecule has 0 aliphatic heterocycles. The van der Waals surface area contributed by atoms with E-state index in [1.165, 1.54) is 0 Å². The van der Waals surface area contributed by atoms with Crippen molar-refractivity contribution in [3.63, 3.8) is 0 Å². The number of benzene rings is 3. The number of esters is 1. The van der Waals surface area contributed by atoms with E-state index in [2.05, 4.69) is 5.10 Å². The molecule has 11 nitrogen and oxygen atoms in total. The predicted octanol–water partition coefficient (Wildman–Crippen LogP) is 4.99. The van der Waals surface area contributed by atoms with Crippen molar-refractivity contribution < 1.29 is 24.2 Å². The molecule has 0 saturated carbocycles. The smallest absolute Gasteiger partial charge is 0.357 e. The van der Waals surface area contributed by atoms with Crippen molar-refractivity contribution >= 4 is 23.1 Å². The Hall–Kier alpha value is -5.19. The van der Waals surface area contributed by atoms with E-state index in [4.69, 9.17) is 4.74 Å². The van der Waals surface area contributed by atoms with E-state index in [9.17, 15) is 29.8 Å². The lowest BCUT2D eigenvalue weighted by Gasteiger charge is -2.09. The van der Waals surface area contributed by atoms with Crippen LogP contribution < -0.4 is 0 Å². The molecule has 1 aromatic heterocycles. The van der Waals surface area contributed by atoms with Crippen molar-refractivity contribution in [2.24, 2.45) is 0 Å². The number of methoxy groups -OCH3 is 1. The van der Waals surface area contributed by atoms with Crippen molar-refractivity contribution in [3.8, 4) is 16.9 Å². The molecule has 0 aliphatic rings. The maximum Gasteiger partial charge on any atom is 0.357 e. The van der Waals surface area contributed by atoms with Crippen LogP contribution in [-0.2, 0) is 4.74 Å². The number of nitro benzene ring substituents is 2. The fourth-order valence-corrected chi connectivity index (χ4v) is 3.81. The van der Waals surface area contributed by atoms with Gasteiger partial charge in [-0.2, -0.15) is 5.10 Å².